The van der Waals surface area contributed by atoms with Crippen molar-refractivity contribution in [2.24, 2.45) is 12.1 Å². The van der Waals surface area contributed by atoms with E-state index < -0.39 is 5.56 Å². The lowest BCUT2D eigenvalue weighted by molar-refractivity contribution is 0.372. The average Bonchev–Trinajstić information content (AvgIpc) is 3.03. The second-order valence-electron chi connectivity index (χ2n) is 5.39. The van der Waals surface area contributed by atoms with Crippen LogP contribution in [0.25, 0.3) is 0 Å². The Labute approximate surface area is 142 Å². The van der Waals surface area contributed by atoms with Crippen LogP contribution in [-0.4, -0.2) is 32.6 Å². The standard InChI is InChI=1S/C15H16N4O4S/c1-19-14(22)12(13(21)16-15(19)24)9-6-8(17-18-9)7-3-4-10(20)11(5-7)23-2/h3-5,8,17,20,22H,6H2,1-2H3,(H,16,21,24)/t8-/m0/s1. The molecule has 24 heavy (non-hydrogen) atoms. The Hall–Kier alpha value is -2.81. The van der Waals surface area contributed by atoms with Crippen LogP contribution in [0.2, 0.25) is 0 Å². The summed E-state index contributed by atoms with van der Waals surface area (Å²) in [5.74, 6) is 0.168. The van der Waals surface area contributed by atoms with E-state index in [0.717, 1.165) is 5.56 Å². The molecule has 0 unspecified atom stereocenters. The lowest BCUT2D eigenvalue weighted by Crippen LogP contribution is -2.21. The summed E-state index contributed by atoms with van der Waals surface area (Å²) in [6.45, 7) is 0. The summed E-state index contributed by atoms with van der Waals surface area (Å²) in [6.07, 6.45) is 0.390. The minimum Gasteiger partial charge on any atom is -0.504 e. The number of aromatic hydroxyl groups is 2. The third-order valence-electron chi connectivity index (χ3n) is 3.94. The summed E-state index contributed by atoms with van der Waals surface area (Å²) in [7, 11) is 3.03. The third-order valence-corrected chi connectivity index (χ3v) is 4.32. The molecule has 4 N–H and O–H groups in total. The molecule has 1 aromatic heterocycles. The van der Waals surface area contributed by atoms with Gasteiger partial charge in [0.25, 0.3) is 5.56 Å². The Kier molecular flexibility index (Phi) is 4.02. The van der Waals surface area contributed by atoms with Crippen molar-refractivity contribution < 1.29 is 14.9 Å². The molecule has 3 rings (SSSR count). The summed E-state index contributed by atoms with van der Waals surface area (Å²) in [5, 5.41) is 24.1. The monoisotopic (exact) mass is 348 g/mol. The Morgan fingerprint density at radius 2 is 2.17 bits per heavy atom. The van der Waals surface area contributed by atoms with Crippen molar-refractivity contribution in [1.29, 1.82) is 0 Å². The lowest BCUT2D eigenvalue weighted by atomic mass is 9.99. The minimum absolute atomic E-state index is 0.0440. The van der Waals surface area contributed by atoms with Gasteiger partial charge in [0.2, 0.25) is 5.88 Å². The molecule has 9 heteroatoms. The largest absolute Gasteiger partial charge is 0.504 e. The van der Waals surface area contributed by atoms with Crippen LogP contribution in [0.5, 0.6) is 17.4 Å². The number of nitrogens with one attached hydrogen (secondary N) is 2. The Morgan fingerprint density at radius 3 is 2.88 bits per heavy atom. The molecule has 1 atom stereocenters. The predicted molar refractivity (Wildman–Crippen MR) is 90.2 cm³/mol. The van der Waals surface area contributed by atoms with Gasteiger partial charge in [-0.05, 0) is 29.9 Å². The molecule has 1 aliphatic heterocycles. The predicted octanol–water partition coefficient (Wildman–Crippen LogP) is 1.30. The number of aromatic amines is 1. The number of H-pyrrole nitrogens is 1. The first kappa shape index (κ1) is 16.1. The molecule has 0 saturated carbocycles. The number of nitrogens with zero attached hydrogens (tertiary/aromatic N) is 2. The molecular formula is C15H16N4O4S. The fourth-order valence-corrected chi connectivity index (χ4v) is 2.75. The highest BCUT2D eigenvalue weighted by Gasteiger charge is 2.26. The summed E-state index contributed by atoms with van der Waals surface area (Å²) >= 11 is 4.96. The fourth-order valence-electron chi connectivity index (χ4n) is 2.57. The molecule has 2 heterocycles. The average molecular weight is 348 g/mol. The van der Waals surface area contributed by atoms with Gasteiger partial charge in [-0.3, -0.25) is 14.3 Å². The Bertz CT molecular complexity index is 947. The maximum atomic E-state index is 12.1. The van der Waals surface area contributed by atoms with E-state index in [9.17, 15) is 15.0 Å². The van der Waals surface area contributed by atoms with Crippen molar-refractivity contribution in [2.75, 3.05) is 7.11 Å². The van der Waals surface area contributed by atoms with E-state index in [-0.39, 0.29) is 28.0 Å². The molecule has 126 valence electrons. The second-order valence-corrected chi connectivity index (χ2v) is 5.78. The number of benzene rings is 1. The van der Waals surface area contributed by atoms with Gasteiger partial charge in [-0.2, -0.15) is 5.10 Å². The highest BCUT2D eigenvalue weighted by molar-refractivity contribution is 7.71. The molecular weight excluding hydrogens is 332 g/mol. The van der Waals surface area contributed by atoms with Gasteiger partial charge in [0, 0.05) is 13.5 Å². The van der Waals surface area contributed by atoms with Gasteiger partial charge in [0.1, 0.15) is 5.56 Å². The zero-order valence-corrected chi connectivity index (χ0v) is 13.8. The molecule has 0 bridgehead atoms. The van der Waals surface area contributed by atoms with Gasteiger partial charge in [0.15, 0.2) is 16.3 Å². The van der Waals surface area contributed by atoms with E-state index in [4.69, 9.17) is 17.0 Å². The van der Waals surface area contributed by atoms with Crippen molar-refractivity contribution in [3.8, 4) is 17.4 Å². The molecule has 8 nitrogen and oxygen atoms in total. The van der Waals surface area contributed by atoms with Crippen molar-refractivity contribution >= 4 is 17.9 Å². The van der Waals surface area contributed by atoms with Crippen LogP contribution in [-0.2, 0) is 7.05 Å². The van der Waals surface area contributed by atoms with Gasteiger partial charge in [0.05, 0.1) is 18.9 Å². The normalized spacial score (nSPS) is 16.6. The zero-order valence-electron chi connectivity index (χ0n) is 13.0. The third kappa shape index (κ3) is 2.62. The van der Waals surface area contributed by atoms with Gasteiger partial charge in [-0.25, -0.2) is 0 Å². The molecule has 1 aliphatic rings. The number of phenols is 1. The number of methoxy groups -OCH3 is 1. The molecule has 0 spiro atoms. The minimum atomic E-state index is -0.486. The van der Waals surface area contributed by atoms with E-state index >= 15 is 0 Å². The van der Waals surface area contributed by atoms with Crippen LogP contribution in [0, 0.1) is 4.77 Å². The lowest BCUT2D eigenvalue weighted by Gasteiger charge is -2.12. The summed E-state index contributed by atoms with van der Waals surface area (Å²) in [6, 6.07) is 4.76. The highest BCUT2D eigenvalue weighted by Crippen LogP contribution is 2.32. The number of phenolic OH excluding ortho intramolecular Hbond substituents is 1. The van der Waals surface area contributed by atoms with Crippen LogP contribution in [0.15, 0.2) is 28.1 Å². The number of hydrogen-bond acceptors (Lipinski definition) is 7. The van der Waals surface area contributed by atoms with E-state index in [2.05, 4.69) is 15.5 Å². The quantitative estimate of drug-likeness (QED) is 0.622. The van der Waals surface area contributed by atoms with Gasteiger partial charge < -0.3 is 20.4 Å². The van der Waals surface area contributed by atoms with E-state index in [0.29, 0.717) is 17.9 Å². The fraction of sp³-hybridized carbons (Fsp3) is 0.267. The number of hydrazone groups is 1. The molecule has 0 fully saturated rings. The molecule has 1 aromatic carbocycles. The number of hydrogen-bond donors (Lipinski definition) is 4. The van der Waals surface area contributed by atoms with Crippen LogP contribution in [0.4, 0.5) is 0 Å². The topological polar surface area (TPSA) is 112 Å². The first-order chi connectivity index (χ1) is 11.4. The maximum absolute atomic E-state index is 12.1. The Morgan fingerprint density at radius 1 is 1.42 bits per heavy atom. The molecule has 0 amide bonds. The maximum Gasteiger partial charge on any atom is 0.264 e. The smallest absolute Gasteiger partial charge is 0.264 e. The van der Waals surface area contributed by atoms with Crippen molar-refractivity contribution in [1.82, 2.24) is 15.0 Å². The van der Waals surface area contributed by atoms with Gasteiger partial charge in [-0.15, -0.1) is 0 Å². The summed E-state index contributed by atoms with van der Waals surface area (Å²) in [4.78, 5) is 14.6. The molecule has 0 aliphatic carbocycles. The first-order valence-electron chi connectivity index (χ1n) is 7.14. The number of ether oxygens (including phenoxy) is 1. The van der Waals surface area contributed by atoms with Crippen molar-refractivity contribution in [3.63, 3.8) is 0 Å². The second kappa shape index (κ2) is 6.00. The Balaban J connectivity index is 1.93. The van der Waals surface area contributed by atoms with Crippen molar-refractivity contribution in [2.45, 2.75) is 12.5 Å². The SMILES string of the molecule is COc1cc([C@@H]2CC(c3c(O)n(C)c(=S)[nH]c3=O)=NN2)ccc1O. The number of rotatable bonds is 3. The zero-order chi connectivity index (χ0) is 17.4. The number of aromatic nitrogens is 2. The van der Waals surface area contributed by atoms with Gasteiger partial charge in [-0.1, -0.05) is 6.07 Å². The van der Waals surface area contributed by atoms with Crippen molar-refractivity contribution in [3.05, 3.63) is 44.5 Å². The molecule has 2 aromatic rings. The summed E-state index contributed by atoms with van der Waals surface area (Å²) < 4.78 is 6.54. The van der Waals surface area contributed by atoms with Crippen LogP contribution in [0.3, 0.4) is 0 Å². The van der Waals surface area contributed by atoms with Crippen LogP contribution in [0.1, 0.15) is 23.6 Å². The molecule has 0 saturated heterocycles. The highest BCUT2D eigenvalue weighted by atomic mass is 32.1. The van der Waals surface area contributed by atoms with E-state index in [1.807, 2.05) is 0 Å². The summed E-state index contributed by atoms with van der Waals surface area (Å²) in [5.41, 5.74) is 3.80. The first-order valence-corrected chi connectivity index (χ1v) is 7.54. The van der Waals surface area contributed by atoms with Crippen LogP contribution >= 0.6 is 12.2 Å². The molecule has 0 radical (unpaired) electrons. The van der Waals surface area contributed by atoms with Crippen LogP contribution < -0.4 is 15.7 Å². The van der Waals surface area contributed by atoms with E-state index in [1.165, 1.54) is 17.7 Å². The van der Waals surface area contributed by atoms with Gasteiger partial charge >= 0.3 is 0 Å². The van der Waals surface area contributed by atoms with E-state index in [1.54, 1.807) is 19.2 Å².